The molecule has 0 spiro atoms. The Morgan fingerprint density at radius 1 is 1.35 bits per heavy atom. The van der Waals surface area contributed by atoms with Crippen LogP contribution in [0.1, 0.15) is 31.3 Å². The van der Waals surface area contributed by atoms with E-state index in [1.165, 1.54) is 0 Å². The van der Waals surface area contributed by atoms with Crippen molar-refractivity contribution in [2.24, 2.45) is 0 Å². The summed E-state index contributed by atoms with van der Waals surface area (Å²) in [6.07, 6.45) is 0. The molecular weight excluding hydrogens is 250 g/mol. The van der Waals surface area contributed by atoms with E-state index in [4.69, 9.17) is 0 Å². The van der Waals surface area contributed by atoms with Gasteiger partial charge in [-0.3, -0.25) is 4.79 Å². The van der Waals surface area contributed by atoms with Gasteiger partial charge in [0.25, 0.3) is 5.91 Å². The van der Waals surface area contributed by atoms with E-state index >= 15 is 0 Å². The number of para-hydroxylation sites is 1. The molecule has 2 rings (SSSR count). The van der Waals surface area contributed by atoms with Crippen molar-refractivity contribution in [2.45, 2.75) is 26.8 Å². The molecule has 4 nitrogen and oxygen atoms in total. The molecule has 0 radical (unpaired) electrons. The molecule has 1 amide bonds. The number of nitrogens with zero attached hydrogens (tertiary/aromatic N) is 2. The molecule has 0 atom stereocenters. The predicted molar refractivity (Wildman–Crippen MR) is 83.1 cm³/mol. The van der Waals surface area contributed by atoms with Gasteiger partial charge in [-0.15, -0.1) is 0 Å². The van der Waals surface area contributed by atoms with E-state index in [9.17, 15) is 4.79 Å². The summed E-state index contributed by atoms with van der Waals surface area (Å²) in [7, 11) is 1.86. The van der Waals surface area contributed by atoms with Crippen molar-refractivity contribution >= 4 is 22.5 Å². The molecule has 1 N–H and O–H groups in total. The molecule has 106 valence electrons. The molecule has 4 heteroatoms. The van der Waals surface area contributed by atoms with E-state index < -0.39 is 0 Å². The van der Waals surface area contributed by atoms with Crippen LogP contribution in [0.4, 0.5) is 5.69 Å². The van der Waals surface area contributed by atoms with Crippen LogP contribution in [-0.2, 0) is 0 Å². The van der Waals surface area contributed by atoms with Crippen molar-refractivity contribution in [3.8, 4) is 0 Å². The monoisotopic (exact) mass is 271 g/mol. The lowest BCUT2D eigenvalue weighted by Crippen LogP contribution is -2.37. The van der Waals surface area contributed by atoms with E-state index in [2.05, 4.69) is 10.3 Å². The van der Waals surface area contributed by atoms with Gasteiger partial charge in [-0.25, -0.2) is 4.98 Å². The molecule has 0 aliphatic carbocycles. The van der Waals surface area contributed by atoms with Gasteiger partial charge >= 0.3 is 0 Å². The van der Waals surface area contributed by atoms with Crippen molar-refractivity contribution in [1.82, 2.24) is 9.88 Å². The number of benzene rings is 1. The zero-order valence-electron chi connectivity index (χ0n) is 12.5. The second-order valence-electron chi connectivity index (χ2n) is 5.01. The summed E-state index contributed by atoms with van der Waals surface area (Å²) in [6.45, 7) is 6.70. The molecular formula is C16H21N3O. The third kappa shape index (κ3) is 2.59. The summed E-state index contributed by atoms with van der Waals surface area (Å²) >= 11 is 0. The fraction of sp³-hybridized carbons (Fsp3) is 0.375. The minimum Gasteiger partial charge on any atom is -0.388 e. The number of aromatic nitrogens is 1. The Balaban J connectivity index is 2.52. The average Bonchev–Trinajstić information content (AvgIpc) is 2.46. The SMILES string of the molecule is CCN(C(=O)c1cc(NC)c2ccccc2n1)C(C)C. The number of carbonyl (C=O) groups is 1. The number of rotatable bonds is 4. The number of pyridine rings is 1. The van der Waals surface area contributed by atoms with Gasteiger partial charge in [0, 0.05) is 30.7 Å². The van der Waals surface area contributed by atoms with Gasteiger partial charge in [0.2, 0.25) is 0 Å². The van der Waals surface area contributed by atoms with Gasteiger partial charge in [-0.1, -0.05) is 18.2 Å². The first-order valence-electron chi connectivity index (χ1n) is 6.97. The molecule has 0 saturated heterocycles. The standard InChI is InChI=1S/C16H21N3O/c1-5-19(11(2)3)16(20)15-10-14(17-4)12-8-6-7-9-13(12)18-15/h6-11H,5H2,1-4H3,(H,17,18). The first-order chi connectivity index (χ1) is 9.58. The van der Waals surface area contributed by atoms with Gasteiger partial charge in [-0.2, -0.15) is 0 Å². The van der Waals surface area contributed by atoms with E-state index in [0.717, 1.165) is 16.6 Å². The second-order valence-corrected chi connectivity index (χ2v) is 5.01. The zero-order chi connectivity index (χ0) is 14.7. The number of hydrogen-bond donors (Lipinski definition) is 1. The Hall–Kier alpha value is -2.10. The Bertz CT molecular complexity index is 622. The Morgan fingerprint density at radius 3 is 2.65 bits per heavy atom. The van der Waals surface area contributed by atoms with Gasteiger partial charge in [0.05, 0.1) is 5.52 Å². The quantitative estimate of drug-likeness (QED) is 0.929. The lowest BCUT2D eigenvalue weighted by molar-refractivity contribution is 0.0711. The van der Waals surface area contributed by atoms with E-state index in [1.54, 1.807) is 0 Å². The van der Waals surface area contributed by atoms with Gasteiger partial charge < -0.3 is 10.2 Å². The summed E-state index contributed by atoms with van der Waals surface area (Å²) in [5, 5.41) is 4.17. The third-order valence-electron chi connectivity index (χ3n) is 3.43. The number of nitrogens with one attached hydrogen (secondary N) is 1. The smallest absolute Gasteiger partial charge is 0.272 e. The van der Waals surface area contributed by atoms with Crippen LogP contribution in [0.15, 0.2) is 30.3 Å². The minimum atomic E-state index is -0.0234. The lowest BCUT2D eigenvalue weighted by Gasteiger charge is -2.25. The Labute approximate surface area is 119 Å². The van der Waals surface area contributed by atoms with Crippen LogP contribution in [0.2, 0.25) is 0 Å². The topological polar surface area (TPSA) is 45.2 Å². The number of anilines is 1. The minimum absolute atomic E-state index is 0.0234. The van der Waals surface area contributed by atoms with Gasteiger partial charge in [0.1, 0.15) is 5.69 Å². The fourth-order valence-corrected chi connectivity index (χ4v) is 2.38. The number of amides is 1. The number of carbonyl (C=O) groups excluding carboxylic acids is 1. The first kappa shape index (κ1) is 14.3. The Morgan fingerprint density at radius 2 is 2.05 bits per heavy atom. The molecule has 2 aromatic rings. The largest absolute Gasteiger partial charge is 0.388 e. The van der Waals surface area contributed by atoms with Crippen LogP contribution in [0.25, 0.3) is 10.9 Å². The van der Waals surface area contributed by atoms with E-state index in [-0.39, 0.29) is 11.9 Å². The van der Waals surface area contributed by atoms with Crippen LogP contribution in [0.3, 0.4) is 0 Å². The summed E-state index contributed by atoms with van der Waals surface area (Å²) in [5.74, 6) is -0.0234. The molecule has 0 bridgehead atoms. The van der Waals surface area contributed by atoms with Crippen molar-refractivity contribution in [3.63, 3.8) is 0 Å². The second kappa shape index (κ2) is 5.90. The highest BCUT2D eigenvalue weighted by molar-refractivity contribution is 5.99. The van der Waals surface area contributed by atoms with Crippen LogP contribution >= 0.6 is 0 Å². The molecule has 1 heterocycles. The first-order valence-corrected chi connectivity index (χ1v) is 6.97. The Kier molecular flexibility index (Phi) is 4.23. The van der Waals surface area contributed by atoms with Crippen LogP contribution in [0, 0.1) is 0 Å². The highest BCUT2D eigenvalue weighted by Gasteiger charge is 2.19. The van der Waals surface area contributed by atoms with E-state index in [1.807, 2.05) is 63.1 Å². The molecule has 0 aliphatic heterocycles. The number of fused-ring (bicyclic) bond motifs is 1. The highest BCUT2D eigenvalue weighted by atomic mass is 16.2. The zero-order valence-corrected chi connectivity index (χ0v) is 12.5. The fourth-order valence-electron chi connectivity index (χ4n) is 2.38. The summed E-state index contributed by atoms with van der Waals surface area (Å²) in [6, 6.07) is 9.83. The van der Waals surface area contributed by atoms with Gasteiger partial charge in [0.15, 0.2) is 0 Å². The van der Waals surface area contributed by atoms with Gasteiger partial charge in [-0.05, 0) is 32.9 Å². The maximum absolute atomic E-state index is 12.6. The molecule has 0 saturated carbocycles. The summed E-state index contributed by atoms with van der Waals surface area (Å²) < 4.78 is 0. The van der Waals surface area contributed by atoms with Crippen molar-refractivity contribution in [3.05, 3.63) is 36.0 Å². The average molecular weight is 271 g/mol. The molecule has 0 unspecified atom stereocenters. The molecule has 0 fully saturated rings. The third-order valence-corrected chi connectivity index (χ3v) is 3.43. The van der Waals surface area contributed by atoms with Crippen molar-refractivity contribution in [1.29, 1.82) is 0 Å². The maximum Gasteiger partial charge on any atom is 0.272 e. The molecule has 0 aliphatic rings. The van der Waals surface area contributed by atoms with E-state index in [0.29, 0.717) is 12.2 Å². The van der Waals surface area contributed by atoms with Crippen molar-refractivity contribution < 1.29 is 4.79 Å². The highest BCUT2D eigenvalue weighted by Crippen LogP contribution is 2.23. The molecule has 1 aromatic carbocycles. The summed E-state index contributed by atoms with van der Waals surface area (Å²) in [5.41, 5.74) is 2.25. The predicted octanol–water partition coefficient (Wildman–Crippen LogP) is 3.15. The number of hydrogen-bond acceptors (Lipinski definition) is 3. The van der Waals surface area contributed by atoms with Crippen molar-refractivity contribution in [2.75, 3.05) is 18.9 Å². The van der Waals surface area contributed by atoms with Crippen LogP contribution in [0.5, 0.6) is 0 Å². The van der Waals surface area contributed by atoms with Crippen LogP contribution < -0.4 is 5.32 Å². The molecule has 1 aromatic heterocycles. The lowest BCUT2D eigenvalue weighted by atomic mass is 10.1. The van der Waals surface area contributed by atoms with Crippen LogP contribution in [-0.4, -0.2) is 35.4 Å². The summed E-state index contributed by atoms with van der Waals surface area (Å²) in [4.78, 5) is 18.9. The maximum atomic E-state index is 12.6. The molecule has 20 heavy (non-hydrogen) atoms. The normalized spacial score (nSPS) is 10.8.